The number of alkyl halides is 3. The van der Waals surface area contributed by atoms with Gasteiger partial charge in [-0.25, -0.2) is 0 Å². The molecule has 0 bridgehead atoms. The molecule has 2 aromatic rings. The molecule has 0 unspecified atom stereocenters. The molecule has 3 rings (SSSR count). The van der Waals surface area contributed by atoms with Crippen LogP contribution in [0.25, 0.3) is 6.08 Å². The molecule has 0 N–H and O–H groups in total. The first kappa shape index (κ1) is 15.9. The highest BCUT2D eigenvalue weighted by atomic mass is 19.4. The van der Waals surface area contributed by atoms with E-state index < -0.39 is 6.36 Å². The van der Waals surface area contributed by atoms with Crippen LogP contribution < -0.4 is 14.2 Å². The van der Waals surface area contributed by atoms with Gasteiger partial charge in [0.25, 0.3) is 0 Å². The maximum absolute atomic E-state index is 12.4. The van der Waals surface area contributed by atoms with Crippen molar-refractivity contribution in [3.05, 3.63) is 59.7 Å². The summed E-state index contributed by atoms with van der Waals surface area (Å²) in [6.07, 6.45) is -2.35. The third-order valence-electron chi connectivity index (χ3n) is 3.22. The number of rotatable bonds is 4. The van der Waals surface area contributed by atoms with Gasteiger partial charge in [0.15, 0.2) is 17.3 Å². The third kappa shape index (κ3) is 3.68. The number of para-hydroxylation sites is 1. The van der Waals surface area contributed by atoms with Crippen molar-refractivity contribution in [1.82, 2.24) is 0 Å². The largest absolute Gasteiger partial charge is 0.573 e. The summed E-state index contributed by atoms with van der Waals surface area (Å²) in [5.74, 6) is 0.240. The van der Waals surface area contributed by atoms with Crippen LogP contribution in [0.4, 0.5) is 13.2 Å². The zero-order valence-electron chi connectivity index (χ0n) is 12.2. The number of hydrogen-bond acceptors (Lipinski definition) is 4. The smallest absolute Gasteiger partial charge is 0.454 e. The van der Waals surface area contributed by atoms with Crippen LogP contribution in [0.2, 0.25) is 0 Å². The molecule has 0 aromatic heterocycles. The topological polar surface area (TPSA) is 44.8 Å². The van der Waals surface area contributed by atoms with Crippen molar-refractivity contribution in [3.8, 4) is 17.2 Å². The molecule has 0 saturated heterocycles. The van der Waals surface area contributed by atoms with Gasteiger partial charge in [-0.05, 0) is 36.4 Å². The van der Waals surface area contributed by atoms with Gasteiger partial charge in [-0.2, -0.15) is 0 Å². The summed E-state index contributed by atoms with van der Waals surface area (Å²) in [7, 11) is 0. The number of halogens is 3. The van der Waals surface area contributed by atoms with Crippen LogP contribution in [0.5, 0.6) is 17.2 Å². The van der Waals surface area contributed by atoms with Crippen molar-refractivity contribution in [2.24, 2.45) is 0 Å². The number of carbonyl (C=O) groups is 1. The molecule has 124 valence electrons. The van der Waals surface area contributed by atoms with E-state index in [-0.39, 0.29) is 23.9 Å². The van der Waals surface area contributed by atoms with E-state index in [4.69, 9.17) is 9.47 Å². The van der Waals surface area contributed by atoms with Gasteiger partial charge >= 0.3 is 6.36 Å². The summed E-state index contributed by atoms with van der Waals surface area (Å²) in [6.45, 7) is 0.0883. The monoisotopic (exact) mass is 336 g/mol. The molecule has 0 radical (unpaired) electrons. The van der Waals surface area contributed by atoms with Crippen LogP contribution in [0, 0.1) is 0 Å². The Bertz CT molecular complexity index is 797. The lowest BCUT2D eigenvalue weighted by molar-refractivity contribution is -0.274. The van der Waals surface area contributed by atoms with Crippen LogP contribution in [0.3, 0.4) is 0 Å². The maximum atomic E-state index is 12.4. The Morgan fingerprint density at radius 1 is 1.08 bits per heavy atom. The van der Waals surface area contributed by atoms with Crippen LogP contribution in [0.1, 0.15) is 15.9 Å². The molecule has 1 aliphatic heterocycles. The molecular formula is C17H11F3O4. The van der Waals surface area contributed by atoms with Crippen molar-refractivity contribution in [1.29, 1.82) is 0 Å². The standard InChI is InChI=1S/C17H11F3O4/c18-17(19,20)24-14-4-2-1-3-11(14)5-7-13(21)12-6-8-15-16(9-12)23-10-22-15/h1-9H,10H2/b7-5+. The molecule has 0 saturated carbocycles. The lowest BCUT2D eigenvalue weighted by Gasteiger charge is -2.10. The molecule has 0 aliphatic carbocycles. The second-order valence-corrected chi connectivity index (χ2v) is 4.85. The van der Waals surface area contributed by atoms with Crippen molar-refractivity contribution >= 4 is 11.9 Å². The number of carbonyl (C=O) groups excluding carboxylic acids is 1. The normalized spacial score (nSPS) is 13.3. The number of hydrogen-bond donors (Lipinski definition) is 0. The lowest BCUT2D eigenvalue weighted by atomic mass is 10.1. The summed E-state index contributed by atoms with van der Waals surface area (Å²) in [4.78, 5) is 12.2. The van der Waals surface area contributed by atoms with Gasteiger partial charge in [-0.1, -0.05) is 18.2 Å². The second kappa shape index (κ2) is 6.27. The SMILES string of the molecule is O=C(/C=C/c1ccccc1OC(F)(F)F)c1ccc2c(c1)OCO2. The first-order valence-corrected chi connectivity index (χ1v) is 6.89. The summed E-state index contributed by atoms with van der Waals surface area (Å²) >= 11 is 0. The Morgan fingerprint density at radius 3 is 2.62 bits per heavy atom. The molecule has 7 heteroatoms. The minimum atomic E-state index is -4.80. The highest BCUT2D eigenvalue weighted by molar-refractivity contribution is 6.07. The van der Waals surface area contributed by atoms with Gasteiger partial charge in [-0.15, -0.1) is 13.2 Å². The number of ether oxygens (including phenoxy) is 3. The van der Waals surface area contributed by atoms with Crippen molar-refractivity contribution in [2.75, 3.05) is 6.79 Å². The quantitative estimate of drug-likeness (QED) is 0.620. The summed E-state index contributed by atoms with van der Waals surface area (Å²) in [6, 6.07) is 10.2. The molecule has 4 nitrogen and oxygen atoms in total. The zero-order valence-corrected chi connectivity index (χ0v) is 12.2. The Labute approximate surface area is 135 Å². The van der Waals surface area contributed by atoms with Gasteiger partial charge in [0.1, 0.15) is 5.75 Å². The van der Waals surface area contributed by atoms with E-state index in [9.17, 15) is 18.0 Å². The Hall–Kier alpha value is -2.96. The van der Waals surface area contributed by atoms with E-state index in [0.717, 1.165) is 0 Å². The minimum Gasteiger partial charge on any atom is -0.454 e. The highest BCUT2D eigenvalue weighted by Crippen LogP contribution is 2.33. The third-order valence-corrected chi connectivity index (χ3v) is 3.22. The number of fused-ring (bicyclic) bond motifs is 1. The molecule has 0 atom stereocenters. The van der Waals surface area contributed by atoms with E-state index in [1.54, 1.807) is 18.2 Å². The Kier molecular flexibility index (Phi) is 4.16. The molecule has 0 fully saturated rings. The first-order chi connectivity index (χ1) is 11.4. The fourth-order valence-electron chi connectivity index (χ4n) is 2.15. The van der Waals surface area contributed by atoms with Crippen LogP contribution >= 0.6 is 0 Å². The molecule has 1 heterocycles. The molecule has 2 aromatic carbocycles. The van der Waals surface area contributed by atoms with Gasteiger partial charge in [0, 0.05) is 11.1 Å². The second-order valence-electron chi connectivity index (χ2n) is 4.85. The Morgan fingerprint density at radius 2 is 1.83 bits per heavy atom. The van der Waals surface area contributed by atoms with Gasteiger partial charge in [-0.3, -0.25) is 4.79 Å². The number of allylic oxidation sites excluding steroid dienone is 1. The first-order valence-electron chi connectivity index (χ1n) is 6.89. The van der Waals surface area contributed by atoms with Crippen molar-refractivity contribution in [3.63, 3.8) is 0 Å². The molecular weight excluding hydrogens is 325 g/mol. The van der Waals surface area contributed by atoms with E-state index in [1.165, 1.54) is 36.4 Å². The average Bonchev–Trinajstić information content (AvgIpc) is 2.99. The van der Waals surface area contributed by atoms with Crippen LogP contribution in [-0.4, -0.2) is 18.9 Å². The molecule has 0 spiro atoms. The fourth-order valence-corrected chi connectivity index (χ4v) is 2.15. The Balaban J connectivity index is 1.80. The van der Waals surface area contributed by atoms with Gasteiger partial charge in [0.2, 0.25) is 6.79 Å². The van der Waals surface area contributed by atoms with E-state index in [1.807, 2.05) is 0 Å². The zero-order chi connectivity index (χ0) is 17.2. The number of benzene rings is 2. The molecule has 0 amide bonds. The van der Waals surface area contributed by atoms with E-state index in [2.05, 4.69) is 4.74 Å². The van der Waals surface area contributed by atoms with Crippen LogP contribution in [0.15, 0.2) is 48.5 Å². The average molecular weight is 336 g/mol. The molecule has 1 aliphatic rings. The summed E-state index contributed by atoms with van der Waals surface area (Å²) < 4.78 is 51.4. The number of ketones is 1. The van der Waals surface area contributed by atoms with E-state index >= 15 is 0 Å². The van der Waals surface area contributed by atoms with Crippen LogP contribution in [-0.2, 0) is 0 Å². The highest BCUT2D eigenvalue weighted by Gasteiger charge is 2.31. The molecule has 24 heavy (non-hydrogen) atoms. The minimum absolute atomic E-state index is 0.0883. The van der Waals surface area contributed by atoms with E-state index in [0.29, 0.717) is 17.1 Å². The predicted octanol–water partition coefficient (Wildman–Crippen LogP) is 4.21. The maximum Gasteiger partial charge on any atom is 0.573 e. The summed E-state index contributed by atoms with van der Waals surface area (Å²) in [5.41, 5.74) is 0.480. The fraction of sp³-hybridized carbons (Fsp3) is 0.118. The van der Waals surface area contributed by atoms with Crippen molar-refractivity contribution < 1.29 is 32.2 Å². The lowest BCUT2D eigenvalue weighted by Crippen LogP contribution is -2.17. The van der Waals surface area contributed by atoms with Crippen molar-refractivity contribution in [2.45, 2.75) is 6.36 Å². The van der Waals surface area contributed by atoms with Gasteiger partial charge < -0.3 is 14.2 Å². The predicted molar refractivity (Wildman–Crippen MR) is 79.1 cm³/mol. The van der Waals surface area contributed by atoms with Gasteiger partial charge in [0.05, 0.1) is 0 Å². The summed E-state index contributed by atoms with van der Waals surface area (Å²) in [5, 5.41) is 0.